The molecule has 0 aliphatic rings. The number of aromatic nitrogens is 3. The molecule has 0 saturated heterocycles. The van der Waals surface area contributed by atoms with Crippen LogP contribution in [0.15, 0.2) is 39.1 Å². The van der Waals surface area contributed by atoms with Crippen LogP contribution < -0.4 is 11.0 Å². The molecule has 1 amide bonds. The average Bonchev–Trinajstić information content (AvgIpc) is 2.94. The summed E-state index contributed by atoms with van der Waals surface area (Å²) >= 11 is 1.06. The van der Waals surface area contributed by atoms with Crippen LogP contribution in [-0.2, 0) is 21.2 Å². The highest BCUT2D eigenvalue weighted by Crippen LogP contribution is 2.20. The lowest BCUT2D eigenvalue weighted by Crippen LogP contribution is -2.18. The molecule has 0 atom stereocenters. The summed E-state index contributed by atoms with van der Waals surface area (Å²) in [5, 5.41) is 9.04. The predicted molar refractivity (Wildman–Crippen MR) is 92.1 cm³/mol. The first-order chi connectivity index (χ1) is 12.3. The molecule has 0 fully saturated rings. The van der Waals surface area contributed by atoms with Crippen LogP contribution in [0, 0.1) is 0 Å². The van der Waals surface area contributed by atoms with Gasteiger partial charge in [-0.25, -0.2) is 18.3 Å². The molecule has 0 aliphatic heterocycles. The van der Waals surface area contributed by atoms with E-state index in [0.29, 0.717) is 11.7 Å². The Morgan fingerprint density at radius 2 is 2.00 bits per heavy atom. The zero-order valence-electron chi connectivity index (χ0n) is 13.6. The van der Waals surface area contributed by atoms with E-state index in [9.17, 15) is 26.8 Å². The fraction of sp³-hybridized carbons (Fsp3) is 0.357. The van der Waals surface area contributed by atoms with E-state index >= 15 is 0 Å². The summed E-state index contributed by atoms with van der Waals surface area (Å²) < 4.78 is 49.0. The van der Waals surface area contributed by atoms with E-state index in [2.05, 4.69) is 15.5 Å². The van der Waals surface area contributed by atoms with Crippen molar-refractivity contribution in [2.75, 3.05) is 11.1 Å². The summed E-state index contributed by atoms with van der Waals surface area (Å²) in [6.07, 6.45) is 0.729. The van der Waals surface area contributed by atoms with Crippen LogP contribution in [0.3, 0.4) is 0 Å². The number of hydrogen-bond donors (Lipinski definition) is 2. The predicted octanol–water partition coefficient (Wildman–Crippen LogP) is 1.71. The Bertz CT molecular complexity index is 923. The van der Waals surface area contributed by atoms with Gasteiger partial charge in [-0.05, 0) is 30.7 Å². The molecule has 26 heavy (non-hydrogen) atoms. The Morgan fingerprint density at radius 1 is 1.35 bits per heavy atom. The first kappa shape index (κ1) is 20.1. The van der Waals surface area contributed by atoms with E-state index in [1.54, 1.807) is 0 Å². The molecular weight excluding hydrogens is 390 g/mol. The molecule has 1 heterocycles. The number of alkyl halides is 2. The van der Waals surface area contributed by atoms with Crippen molar-refractivity contribution < 1.29 is 22.0 Å². The third-order valence-corrected chi connectivity index (χ3v) is 5.58. The highest BCUT2D eigenvalue weighted by atomic mass is 32.2. The maximum absolute atomic E-state index is 12.5. The van der Waals surface area contributed by atoms with Gasteiger partial charge in [-0.15, -0.1) is 5.10 Å². The van der Waals surface area contributed by atoms with Crippen LogP contribution in [0.2, 0.25) is 0 Å². The van der Waals surface area contributed by atoms with Crippen molar-refractivity contribution in [1.82, 2.24) is 14.8 Å². The van der Waals surface area contributed by atoms with E-state index in [0.717, 1.165) is 30.3 Å². The number of nitrogens with one attached hydrogen (secondary N) is 2. The van der Waals surface area contributed by atoms with Gasteiger partial charge in [-0.3, -0.25) is 9.36 Å². The quantitative estimate of drug-likeness (QED) is 0.645. The molecule has 0 aliphatic carbocycles. The minimum Gasteiger partial charge on any atom is -0.325 e. The summed E-state index contributed by atoms with van der Waals surface area (Å²) in [4.78, 5) is 23.0. The van der Waals surface area contributed by atoms with E-state index in [1.165, 1.54) is 16.7 Å². The normalized spacial score (nSPS) is 11.7. The largest absolute Gasteiger partial charge is 0.343 e. The fourth-order valence-electron chi connectivity index (χ4n) is 1.99. The van der Waals surface area contributed by atoms with Crippen molar-refractivity contribution >= 4 is 33.2 Å². The van der Waals surface area contributed by atoms with E-state index < -0.39 is 26.4 Å². The molecule has 8 nitrogen and oxygen atoms in total. The van der Waals surface area contributed by atoms with Crippen molar-refractivity contribution in [1.29, 1.82) is 0 Å². The standard InChI is InChI=1S/C14H16F2N4O4S2/c1-2-7-20-13(22)18-19-14(20)25-8-11(21)17-9-3-5-10(6-4-9)26(23,24)12(15)16/h3-6,12H,2,7-8H2,1H3,(H,17,21)(H,18,22). The van der Waals surface area contributed by atoms with Gasteiger partial charge >= 0.3 is 11.4 Å². The third kappa shape index (κ3) is 4.69. The molecule has 0 bridgehead atoms. The number of carbonyl (C=O) groups excluding carboxylic acids is 1. The van der Waals surface area contributed by atoms with Crippen LogP contribution in [0.5, 0.6) is 0 Å². The molecule has 1 aromatic heterocycles. The molecule has 2 N–H and O–H groups in total. The van der Waals surface area contributed by atoms with Crippen molar-refractivity contribution in [2.45, 2.75) is 35.7 Å². The summed E-state index contributed by atoms with van der Waals surface area (Å²) in [7, 11) is -4.67. The second-order valence-corrected chi connectivity index (χ2v) is 7.99. The van der Waals surface area contributed by atoms with Gasteiger partial charge in [0.25, 0.3) is 0 Å². The second kappa shape index (κ2) is 8.45. The van der Waals surface area contributed by atoms with E-state index in [1.807, 2.05) is 6.92 Å². The molecule has 2 aromatic rings. The summed E-state index contributed by atoms with van der Waals surface area (Å²) in [5.41, 5.74) is -0.0950. The van der Waals surface area contributed by atoms with Crippen LogP contribution in [0.25, 0.3) is 0 Å². The molecule has 0 saturated carbocycles. The number of aromatic amines is 1. The summed E-state index contributed by atoms with van der Waals surface area (Å²) in [5.74, 6) is -3.96. The van der Waals surface area contributed by atoms with Crippen LogP contribution in [0.1, 0.15) is 13.3 Å². The van der Waals surface area contributed by atoms with E-state index in [4.69, 9.17) is 0 Å². The van der Waals surface area contributed by atoms with Gasteiger partial charge in [-0.2, -0.15) is 8.78 Å². The molecule has 2 rings (SSSR count). The van der Waals surface area contributed by atoms with Crippen LogP contribution >= 0.6 is 11.8 Å². The highest BCUT2D eigenvalue weighted by molar-refractivity contribution is 7.99. The highest BCUT2D eigenvalue weighted by Gasteiger charge is 2.26. The maximum atomic E-state index is 12.5. The van der Waals surface area contributed by atoms with Crippen LogP contribution in [-0.4, -0.2) is 40.6 Å². The first-order valence-corrected chi connectivity index (χ1v) is 9.99. The zero-order chi connectivity index (χ0) is 19.3. The van der Waals surface area contributed by atoms with Gasteiger partial charge in [0.15, 0.2) is 5.16 Å². The Hall–Kier alpha value is -2.21. The molecule has 0 unspecified atom stereocenters. The van der Waals surface area contributed by atoms with Gasteiger partial charge < -0.3 is 5.32 Å². The Kier molecular flexibility index (Phi) is 6.53. The van der Waals surface area contributed by atoms with Gasteiger partial charge in [-0.1, -0.05) is 18.7 Å². The average molecular weight is 406 g/mol. The smallest absolute Gasteiger partial charge is 0.325 e. The number of amides is 1. The number of H-pyrrole nitrogens is 1. The minimum absolute atomic E-state index is 0.0366. The molecular formula is C14H16F2N4O4S2. The first-order valence-electron chi connectivity index (χ1n) is 7.45. The zero-order valence-corrected chi connectivity index (χ0v) is 15.2. The Balaban J connectivity index is 1.97. The lowest BCUT2D eigenvalue weighted by molar-refractivity contribution is -0.113. The second-order valence-electron chi connectivity index (χ2n) is 5.13. The van der Waals surface area contributed by atoms with Gasteiger partial charge in [0.1, 0.15) is 0 Å². The molecule has 0 spiro atoms. The fourth-order valence-corrected chi connectivity index (χ4v) is 3.49. The SMILES string of the molecule is CCCn1c(SCC(=O)Nc2ccc(S(=O)(=O)C(F)F)cc2)n[nH]c1=O. The molecule has 1 aromatic carbocycles. The van der Waals surface area contributed by atoms with Gasteiger partial charge in [0, 0.05) is 12.2 Å². The number of nitrogens with zero attached hydrogens (tertiary/aromatic N) is 2. The molecule has 12 heteroatoms. The van der Waals surface area contributed by atoms with Crippen molar-refractivity contribution in [3.05, 3.63) is 34.7 Å². The number of thioether (sulfide) groups is 1. The number of anilines is 1. The monoisotopic (exact) mass is 406 g/mol. The number of rotatable bonds is 8. The number of hydrogen-bond acceptors (Lipinski definition) is 6. The van der Waals surface area contributed by atoms with Gasteiger partial charge in [0.05, 0.1) is 10.6 Å². The molecule has 142 valence electrons. The van der Waals surface area contributed by atoms with Gasteiger partial charge in [0.2, 0.25) is 15.7 Å². The number of sulfone groups is 1. The topological polar surface area (TPSA) is 114 Å². The molecule has 0 radical (unpaired) electrons. The van der Waals surface area contributed by atoms with Crippen molar-refractivity contribution in [3.8, 4) is 0 Å². The van der Waals surface area contributed by atoms with Crippen molar-refractivity contribution in [3.63, 3.8) is 0 Å². The number of benzene rings is 1. The van der Waals surface area contributed by atoms with Crippen LogP contribution in [0.4, 0.5) is 14.5 Å². The number of carbonyl (C=O) groups is 1. The summed E-state index contributed by atoms with van der Waals surface area (Å²) in [6, 6.07) is 4.44. The minimum atomic E-state index is -4.67. The summed E-state index contributed by atoms with van der Waals surface area (Å²) in [6.45, 7) is 2.37. The maximum Gasteiger partial charge on any atom is 0.343 e. The van der Waals surface area contributed by atoms with Crippen molar-refractivity contribution in [2.24, 2.45) is 0 Å². The van der Waals surface area contributed by atoms with E-state index in [-0.39, 0.29) is 17.1 Å². The Labute approximate surface area is 151 Å². The lowest BCUT2D eigenvalue weighted by Gasteiger charge is -2.07. The lowest BCUT2D eigenvalue weighted by atomic mass is 10.3. The third-order valence-electron chi connectivity index (χ3n) is 3.20. The Morgan fingerprint density at radius 3 is 2.58 bits per heavy atom. The number of halogens is 2.